The van der Waals surface area contributed by atoms with Crippen LogP contribution in [0.4, 0.5) is 0 Å². The van der Waals surface area contributed by atoms with Crippen molar-refractivity contribution in [1.29, 1.82) is 0 Å². The third-order valence-corrected chi connectivity index (χ3v) is 7.59. The Hall–Kier alpha value is -3.51. The van der Waals surface area contributed by atoms with Crippen LogP contribution >= 0.6 is 0 Å². The molecule has 7 rings (SSSR count). The average molecular weight is 544 g/mol. The number of fused-ring (bicyclic) bond motifs is 4. The number of nitrogens with zero attached hydrogens (tertiary/aromatic N) is 1. The fraction of sp³-hybridized carbons (Fsp3) is 0.233. The van der Waals surface area contributed by atoms with Gasteiger partial charge in [-0.15, -0.1) is 0 Å². The number of benzene rings is 4. The molecule has 0 radical (unpaired) electrons. The maximum absolute atomic E-state index is 6.07. The van der Waals surface area contributed by atoms with Crippen LogP contribution < -0.4 is 40.5 Å². The number of rotatable bonds is 4. The largest absolute Gasteiger partial charge is 1.00 e. The molecule has 0 N–H and O–H groups in total. The molecule has 1 aromatic heterocycles. The van der Waals surface area contributed by atoms with Crippen LogP contribution in [0, 0.1) is 6.92 Å². The smallest absolute Gasteiger partial charge is 0.231 e. The normalized spacial score (nSPS) is 13.4. The standard InChI is InChI=1S/C30H26NO4.BrH/c1-17-6-4-5-7-18(17)12-20-13-22-21-8-9-24(32-2)29(33-3)23(21)15-31-11-10-19-14-25-30(35-16-34-25)27(20)26(19)28(22)31;/h4-9,13-15H,10-12,16H2,1-3H3;1H/q+1;/p-1. The zero-order valence-electron chi connectivity index (χ0n) is 20.5. The lowest BCUT2D eigenvalue weighted by Crippen LogP contribution is -3.00. The van der Waals surface area contributed by atoms with Gasteiger partial charge in [0.2, 0.25) is 12.3 Å². The van der Waals surface area contributed by atoms with Crippen molar-refractivity contribution < 1.29 is 40.5 Å². The van der Waals surface area contributed by atoms with Crippen LogP contribution in [0.5, 0.6) is 23.0 Å². The first kappa shape index (κ1) is 22.9. The molecule has 36 heavy (non-hydrogen) atoms. The summed E-state index contributed by atoms with van der Waals surface area (Å²) in [6.45, 7) is 3.34. The minimum absolute atomic E-state index is 0. The maximum Gasteiger partial charge on any atom is 0.231 e. The van der Waals surface area contributed by atoms with Crippen molar-refractivity contribution in [3.8, 4) is 23.0 Å². The molecule has 4 aromatic carbocycles. The first-order valence-electron chi connectivity index (χ1n) is 12.0. The highest BCUT2D eigenvalue weighted by atomic mass is 79.9. The van der Waals surface area contributed by atoms with E-state index in [2.05, 4.69) is 60.2 Å². The number of hydrogen-bond acceptors (Lipinski definition) is 4. The highest BCUT2D eigenvalue weighted by Crippen LogP contribution is 2.48. The van der Waals surface area contributed by atoms with Crippen molar-refractivity contribution in [3.05, 3.63) is 77.0 Å². The van der Waals surface area contributed by atoms with Gasteiger partial charge in [0.1, 0.15) is 0 Å². The zero-order chi connectivity index (χ0) is 23.7. The lowest BCUT2D eigenvalue weighted by atomic mass is 9.87. The van der Waals surface area contributed by atoms with Crippen LogP contribution in [0.25, 0.3) is 32.4 Å². The van der Waals surface area contributed by atoms with Crippen molar-refractivity contribution in [2.45, 2.75) is 26.3 Å². The molecule has 0 saturated heterocycles. The molecular formula is C30H26BrNO4. The van der Waals surface area contributed by atoms with Crippen molar-refractivity contribution in [2.75, 3.05) is 21.0 Å². The fourth-order valence-corrected chi connectivity index (χ4v) is 5.93. The van der Waals surface area contributed by atoms with Gasteiger partial charge < -0.3 is 35.9 Å². The molecule has 0 unspecified atom stereocenters. The fourth-order valence-electron chi connectivity index (χ4n) is 5.93. The molecular weight excluding hydrogens is 518 g/mol. The molecule has 3 heterocycles. The number of aromatic nitrogens is 1. The Morgan fingerprint density at radius 3 is 2.56 bits per heavy atom. The van der Waals surface area contributed by atoms with Crippen molar-refractivity contribution in [2.24, 2.45) is 0 Å². The minimum Gasteiger partial charge on any atom is -1.00 e. The van der Waals surface area contributed by atoms with E-state index < -0.39 is 0 Å². The second kappa shape index (κ2) is 8.56. The third-order valence-electron chi connectivity index (χ3n) is 7.59. The Balaban J connectivity index is 0.00000240. The van der Waals surface area contributed by atoms with Crippen LogP contribution in [0.2, 0.25) is 0 Å². The van der Waals surface area contributed by atoms with Crippen LogP contribution in [-0.2, 0) is 19.4 Å². The summed E-state index contributed by atoms with van der Waals surface area (Å²) < 4.78 is 25.8. The molecule has 0 spiro atoms. The number of ether oxygens (including phenoxy) is 4. The van der Waals surface area contributed by atoms with Gasteiger partial charge in [-0.05, 0) is 59.9 Å². The van der Waals surface area contributed by atoms with Gasteiger partial charge in [0.15, 0.2) is 35.7 Å². The molecule has 2 aliphatic rings. The summed E-state index contributed by atoms with van der Waals surface area (Å²) in [6, 6.07) is 17.3. The molecule has 0 aliphatic carbocycles. The molecule has 2 aliphatic heterocycles. The summed E-state index contributed by atoms with van der Waals surface area (Å²) in [5.74, 6) is 3.24. The van der Waals surface area contributed by atoms with E-state index in [0.717, 1.165) is 53.2 Å². The molecule has 0 fully saturated rings. The highest BCUT2D eigenvalue weighted by molar-refractivity contribution is 6.18. The first-order chi connectivity index (χ1) is 17.2. The Morgan fingerprint density at radius 2 is 1.75 bits per heavy atom. The monoisotopic (exact) mass is 543 g/mol. The van der Waals surface area contributed by atoms with Gasteiger partial charge in [0.25, 0.3) is 0 Å². The van der Waals surface area contributed by atoms with E-state index in [1.807, 2.05) is 6.07 Å². The van der Waals surface area contributed by atoms with Crippen molar-refractivity contribution in [1.82, 2.24) is 0 Å². The number of pyridine rings is 1. The van der Waals surface area contributed by atoms with E-state index in [-0.39, 0.29) is 23.8 Å². The van der Waals surface area contributed by atoms with Gasteiger partial charge in [0, 0.05) is 17.2 Å². The number of methoxy groups -OCH3 is 2. The van der Waals surface area contributed by atoms with Crippen molar-refractivity contribution >= 4 is 32.4 Å². The summed E-state index contributed by atoms with van der Waals surface area (Å²) in [6.07, 6.45) is 3.97. The number of aryl methyl sites for hydroxylation is 3. The Bertz CT molecular complexity index is 1700. The quantitative estimate of drug-likeness (QED) is 0.258. The lowest BCUT2D eigenvalue weighted by Gasteiger charge is -2.20. The predicted molar refractivity (Wildman–Crippen MR) is 136 cm³/mol. The molecule has 182 valence electrons. The van der Waals surface area contributed by atoms with Gasteiger partial charge in [-0.1, -0.05) is 24.3 Å². The third kappa shape index (κ3) is 3.17. The van der Waals surface area contributed by atoms with Crippen LogP contribution in [0.15, 0.2) is 54.7 Å². The van der Waals surface area contributed by atoms with Gasteiger partial charge >= 0.3 is 0 Å². The second-order valence-electron chi connectivity index (χ2n) is 9.39. The minimum atomic E-state index is 0. The van der Waals surface area contributed by atoms with Crippen molar-refractivity contribution in [3.63, 3.8) is 0 Å². The SMILES string of the molecule is COc1ccc2c(c[n+]3c4c2cc(Cc2ccccc2C)c2c5c(cc(c24)CC3)OCO5)c1OC.[Br-]. The summed E-state index contributed by atoms with van der Waals surface area (Å²) in [4.78, 5) is 0. The van der Waals surface area contributed by atoms with Crippen LogP contribution in [0.1, 0.15) is 22.3 Å². The van der Waals surface area contributed by atoms with Gasteiger partial charge in [0.05, 0.1) is 30.4 Å². The van der Waals surface area contributed by atoms with Gasteiger partial charge in [-0.2, -0.15) is 4.57 Å². The summed E-state index contributed by atoms with van der Waals surface area (Å²) in [5, 5.41) is 5.90. The molecule has 5 aromatic rings. The Labute approximate surface area is 219 Å². The predicted octanol–water partition coefficient (Wildman–Crippen LogP) is 2.64. The van der Waals surface area contributed by atoms with E-state index >= 15 is 0 Å². The lowest BCUT2D eigenvalue weighted by molar-refractivity contribution is -0.670. The van der Waals surface area contributed by atoms with Crippen LogP contribution in [-0.4, -0.2) is 21.0 Å². The zero-order valence-corrected chi connectivity index (χ0v) is 22.1. The van der Waals surface area contributed by atoms with E-state index in [4.69, 9.17) is 18.9 Å². The molecule has 0 amide bonds. The van der Waals surface area contributed by atoms with E-state index in [9.17, 15) is 0 Å². The first-order valence-corrected chi connectivity index (χ1v) is 12.0. The molecule has 0 bridgehead atoms. The summed E-state index contributed by atoms with van der Waals surface area (Å²) >= 11 is 0. The second-order valence-corrected chi connectivity index (χ2v) is 9.39. The molecule has 0 atom stereocenters. The van der Waals surface area contributed by atoms with E-state index in [1.165, 1.54) is 43.9 Å². The molecule has 0 saturated carbocycles. The Kier molecular flexibility index (Phi) is 5.45. The Morgan fingerprint density at radius 1 is 0.889 bits per heavy atom. The van der Waals surface area contributed by atoms with E-state index in [1.54, 1.807) is 14.2 Å². The summed E-state index contributed by atoms with van der Waals surface area (Å²) in [7, 11) is 3.39. The van der Waals surface area contributed by atoms with Crippen LogP contribution in [0.3, 0.4) is 0 Å². The van der Waals surface area contributed by atoms with E-state index in [0.29, 0.717) is 0 Å². The highest BCUT2D eigenvalue weighted by Gasteiger charge is 2.31. The topological polar surface area (TPSA) is 40.8 Å². The number of hydrogen-bond donors (Lipinski definition) is 0. The molecule has 6 heteroatoms. The number of halogens is 1. The van der Waals surface area contributed by atoms with Gasteiger partial charge in [-0.25, -0.2) is 0 Å². The summed E-state index contributed by atoms with van der Waals surface area (Å²) in [5.41, 5.74) is 6.42. The average Bonchev–Trinajstić information content (AvgIpc) is 3.35. The maximum atomic E-state index is 6.07. The van der Waals surface area contributed by atoms with Gasteiger partial charge in [-0.3, -0.25) is 0 Å². The molecule has 5 nitrogen and oxygen atoms in total.